The molecule has 2 rings (SSSR count). The van der Waals surface area contributed by atoms with Crippen LogP contribution in [0.3, 0.4) is 0 Å². The summed E-state index contributed by atoms with van der Waals surface area (Å²) >= 11 is 3.39. The Morgan fingerprint density at radius 3 is 3.24 bits per heavy atom. The molecule has 0 saturated heterocycles. The highest BCUT2D eigenvalue weighted by atomic mass is 79.9. The molecular weight excluding hydrogens is 282 g/mol. The average Bonchev–Trinajstić information content (AvgIpc) is 2.71. The fourth-order valence-corrected chi connectivity index (χ4v) is 1.73. The molecule has 84 valence electrons. The zero-order valence-electron chi connectivity index (χ0n) is 8.81. The Bertz CT molecular complexity index is 643. The second-order valence-corrected chi connectivity index (χ2v) is 4.18. The Morgan fingerprint density at radius 1 is 1.53 bits per heavy atom. The molecule has 0 spiro atoms. The molecule has 5 nitrogen and oxygen atoms in total. The molecular formula is C11H8BrN5. The van der Waals surface area contributed by atoms with Gasteiger partial charge in [-0.3, -0.25) is 5.10 Å². The third-order valence-corrected chi connectivity index (χ3v) is 2.62. The number of hydrogen-bond acceptors (Lipinski definition) is 2. The maximum atomic E-state index is 8.11. The van der Waals surface area contributed by atoms with Gasteiger partial charge in [0.2, 0.25) is 0 Å². The summed E-state index contributed by atoms with van der Waals surface area (Å²) < 4.78 is 0.986. The number of aromatic amines is 1. The van der Waals surface area contributed by atoms with Crippen molar-refractivity contribution in [3.05, 3.63) is 38.8 Å². The quantitative estimate of drug-likeness (QED) is 0.297. The zero-order chi connectivity index (χ0) is 12.1. The maximum Gasteiger partial charge on any atom is 0.115 e. The lowest BCUT2D eigenvalue weighted by Gasteiger charge is -1.89. The molecule has 0 fully saturated rings. The monoisotopic (exact) mass is 289 g/mol. The highest BCUT2D eigenvalue weighted by Crippen LogP contribution is 2.19. The van der Waals surface area contributed by atoms with Gasteiger partial charge < -0.3 is 0 Å². The van der Waals surface area contributed by atoms with Crippen molar-refractivity contribution >= 4 is 26.8 Å². The standard InChI is InChI=1S/C11H8BrN5/c12-8-4-5-9-10(15-16-11(9)7-8)3-1-2-6-14-17-13/h4-5,7H,2,6H2,(H,15,16). The second-order valence-electron chi connectivity index (χ2n) is 3.27. The van der Waals surface area contributed by atoms with Gasteiger partial charge in [0.1, 0.15) is 5.69 Å². The third kappa shape index (κ3) is 2.78. The minimum absolute atomic E-state index is 0.390. The van der Waals surface area contributed by atoms with Crippen LogP contribution in [0.1, 0.15) is 12.1 Å². The normalized spacial score (nSPS) is 9.47. The summed E-state index contributed by atoms with van der Waals surface area (Å²) in [5, 5.41) is 11.4. The van der Waals surface area contributed by atoms with E-state index in [1.807, 2.05) is 18.2 Å². The van der Waals surface area contributed by atoms with Gasteiger partial charge in [-0.25, -0.2) is 0 Å². The summed E-state index contributed by atoms with van der Waals surface area (Å²) in [5.74, 6) is 5.91. The molecule has 1 aromatic heterocycles. The summed E-state index contributed by atoms with van der Waals surface area (Å²) in [4.78, 5) is 2.66. The molecule has 6 heteroatoms. The first-order valence-corrected chi connectivity index (χ1v) is 5.74. The van der Waals surface area contributed by atoms with E-state index in [1.54, 1.807) is 0 Å². The second kappa shape index (κ2) is 5.39. The zero-order valence-corrected chi connectivity index (χ0v) is 10.4. The lowest BCUT2D eigenvalue weighted by atomic mass is 10.2. The molecule has 0 bridgehead atoms. The fraction of sp³-hybridized carbons (Fsp3) is 0.182. The van der Waals surface area contributed by atoms with Crippen molar-refractivity contribution in [3.63, 3.8) is 0 Å². The summed E-state index contributed by atoms with van der Waals surface area (Å²) in [7, 11) is 0. The van der Waals surface area contributed by atoms with Crippen molar-refractivity contribution in [2.75, 3.05) is 6.54 Å². The smallest absolute Gasteiger partial charge is 0.115 e. The van der Waals surface area contributed by atoms with Crippen molar-refractivity contribution in [1.82, 2.24) is 10.2 Å². The van der Waals surface area contributed by atoms with Crippen LogP contribution >= 0.6 is 15.9 Å². The predicted octanol–water partition coefficient (Wildman–Crippen LogP) is 3.38. The van der Waals surface area contributed by atoms with E-state index in [9.17, 15) is 0 Å². The number of nitrogens with zero attached hydrogens (tertiary/aromatic N) is 4. The summed E-state index contributed by atoms with van der Waals surface area (Å²) in [6.07, 6.45) is 0.543. The number of azide groups is 1. The van der Waals surface area contributed by atoms with Crippen molar-refractivity contribution < 1.29 is 0 Å². The van der Waals surface area contributed by atoms with Gasteiger partial charge in [-0.2, -0.15) is 5.10 Å². The highest BCUT2D eigenvalue weighted by molar-refractivity contribution is 9.10. The highest BCUT2D eigenvalue weighted by Gasteiger charge is 2.02. The van der Waals surface area contributed by atoms with Crippen LogP contribution in [0.2, 0.25) is 0 Å². The van der Waals surface area contributed by atoms with Crippen LogP contribution in [0.5, 0.6) is 0 Å². The lowest BCUT2D eigenvalue weighted by molar-refractivity contribution is 1.01. The number of benzene rings is 1. The van der Waals surface area contributed by atoms with E-state index < -0.39 is 0 Å². The molecule has 0 amide bonds. The van der Waals surface area contributed by atoms with E-state index in [0.717, 1.165) is 21.1 Å². The van der Waals surface area contributed by atoms with Crippen molar-refractivity contribution in [3.8, 4) is 11.8 Å². The summed E-state index contributed by atoms with van der Waals surface area (Å²) in [6, 6.07) is 5.83. The molecule has 1 N–H and O–H groups in total. The number of fused-ring (bicyclic) bond motifs is 1. The molecule has 0 aliphatic heterocycles. The van der Waals surface area contributed by atoms with Crippen LogP contribution in [0.15, 0.2) is 27.8 Å². The average molecular weight is 290 g/mol. The molecule has 1 aromatic carbocycles. The van der Waals surface area contributed by atoms with Crippen LogP contribution in [0, 0.1) is 11.8 Å². The van der Waals surface area contributed by atoms with E-state index in [1.165, 1.54) is 0 Å². The van der Waals surface area contributed by atoms with Gasteiger partial charge in [-0.15, -0.1) is 0 Å². The van der Waals surface area contributed by atoms with Gasteiger partial charge >= 0.3 is 0 Å². The Labute approximate surface area is 106 Å². The number of hydrogen-bond donors (Lipinski definition) is 1. The largest absolute Gasteiger partial charge is 0.269 e. The van der Waals surface area contributed by atoms with Crippen molar-refractivity contribution in [2.45, 2.75) is 6.42 Å². The van der Waals surface area contributed by atoms with Gasteiger partial charge in [0, 0.05) is 27.7 Å². The first-order valence-electron chi connectivity index (χ1n) is 4.94. The minimum atomic E-state index is 0.390. The van der Waals surface area contributed by atoms with Crippen molar-refractivity contribution in [2.24, 2.45) is 5.11 Å². The predicted molar refractivity (Wildman–Crippen MR) is 69.3 cm³/mol. The van der Waals surface area contributed by atoms with Gasteiger partial charge in [-0.05, 0) is 29.7 Å². The van der Waals surface area contributed by atoms with E-state index >= 15 is 0 Å². The van der Waals surface area contributed by atoms with Crippen LogP contribution in [-0.4, -0.2) is 16.7 Å². The number of nitrogens with one attached hydrogen (secondary N) is 1. The van der Waals surface area contributed by atoms with Crippen molar-refractivity contribution in [1.29, 1.82) is 0 Å². The molecule has 0 atom stereocenters. The molecule has 0 aliphatic rings. The molecule has 0 aliphatic carbocycles. The summed E-state index contributed by atoms with van der Waals surface area (Å²) in [5.41, 5.74) is 9.77. The van der Waals surface area contributed by atoms with Crippen LogP contribution < -0.4 is 0 Å². The Morgan fingerprint density at radius 2 is 2.41 bits per heavy atom. The van der Waals surface area contributed by atoms with Gasteiger partial charge in [-0.1, -0.05) is 27.0 Å². The third-order valence-electron chi connectivity index (χ3n) is 2.13. The molecule has 0 unspecified atom stereocenters. The fourth-order valence-electron chi connectivity index (χ4n) is 1.38. The first kappa shape index (κ1) is 11.5. The van der Waals surface area contributed by atoms with E-state index in [-0.39, 0.29) is 0 Å². The number of rotatable bonds is 2. The molecule has 0 radical (unpaired) electrons. The Hall–Kier alpha value is -1.96. The Balaban J connectivity index is 2.21. The summed E-state index contributed by atoms with van der Waals surface area (Å²) in [6.45, 7) is 0.390. The van der Waals surface area contributed by atoms with E-state index in [2.05, 4.69) is 48.0 Å². The van der Waals surface area contributed by atoms with Gasteiger partial charge in [0.15, 0.2) is 0 Å². The number of halogens is 1. The lowest BCUT2D eigenvalue weighted by Crippen LogP contribution is -1.77. The van der Waals surface area contributed by atoms with Gasteiger partial charge in [0.25, 0.3) is 0 Å². The topological polar surface area (TPSA) is 77.4 Å². The minimum Gasteiger partial charge on any atom is -0.269 e. The Kier molecular flexibility index (Phi) is 3.66. The van der Waals surface area contributed by atoms with E-state index in [0.29, 0.717) is 13.0 Å². The molecule has 0 saturated carbocycles. The molecule has 17 heavy (non-hydrogen) atoms. The van der Waals surface area contributed by atoms with Crippen LogP contribution in [0.25, 0.3) is 21.3 Å². The number of H-pyrrole nitrogens is 1. The number of aromatic nitrogens is 2. The van der Waals surface area contributed by atoms with Crippen LogP contribution in [-0.2, 0) is 0 Å². The maximum absolute atomic E-state index is 8.11. The molecule has 2 aromatic rings. The van der Waals surface area contributed by atoms with E-state index in [4.69, 9.17) is 5.53 Å². The molecule has 1 heterocycles. The van der Waals surface area contributed by atoms with Crippen LogP contribution in [0.4, 0.5) is 0 Å². The van der Waals surface area contributed by atoms with Gasteiger partial charge in [0.05, 0.1) is 5.52 Å². The SMILES string of the molecule is [N-]=[N+]=NCCC#Cc1[nH]nc2cc(Br)ccc12. The first-order chi connectivity index (χ1) is 8.31.